The van der Waals surface area contributed by atoms with Crippen molar-refractivity contribution in [1.82, 2.24) is 4.90 Å². The zero-order valence-electron chi connectivity index (χ0n) is 16.2. The van der Waals surface area contributed by atoms with Crippen LogP contribution in [0.25, 0.3) is 0 Å². The van der Waals surface area contributed by atoms with Crippen molar-refractivity contribution in [2.75, 3.05) is 13.1 Å². The molecule has 4 rings (SSSR count). The van der Waals surface area contributed by atoms with E-state index in [9.17, 15) is 13.2 Å². The second kappa shape index (κ2) is 8.57. The van der Waals surface area contributed by atoms with Crippen LogP contribution in [-0.4, -0.2) is 24.1 Å². The molecule has 29 heavy (non-hydrogen) atoms. The molecule has 0 bridgehead atoms. The molecule has 2 aromatic carbocycles. The van der Waals surface area contributed by atoms with Gasteiger partial charge in [0.1, 0.15) is 11.9 Å². The van der Waals surface area contributed by atoms with Crippen LogP contribution in [0.4, 0.5) is 13.2 Å². The molecule has 0 amide bonds. The Morgan fingerprint density at radius 2 is 1.52 bits per heavy atom. The van der Waals surface area contributed by atoms with Crippen molar-refractivity contribution in [3.63, 3.8) is 0 Å². The van der Waals surface area contributed by atoms with Crippen molar-refractivity contribution in [3.05, 3.63) is 64.7 Å². The first kappa shape index (κ1) is 20.5. The summed E-state index contributed by atoms with van der Waals surface area (Å²) in [5.41, 5.74) is 0.673. The molecule has 1 saturated heterocycles. The smallest absolute Gasteiger partial charge is 0.416 e. The van der Waals surface area contributed by atoms with Crippen molar-refractivity contribution in [2.45, 2.75) is 50.4 Å². The lowest BCUT2D eigenvalue weighted by Gasteiger charge is -2.44. The van der Waals surface area contributed by atoms with Crippen molar-refractivity contribution in [1.29, 1.82) is 0 Å². The van der Waals surface area contributed by atoms with E-state index in [0.29, 0.717) is 17.7 Å². The molecule has 1 atom stereocenters. The molecule has 1 saturated carbocycles. The minimum absolute atomic E-state index is 0.0373. The quantitative estimate of drug-likeness (QED) is 0.527. The van der Waals surface area contributed by atoms with Gasteiger partial charge in [-0.3, -0.25) is 4.90 Å². The van der Waals surface area contributed by atoms with Crippen molar-refractivity contribution >= 4 is 11.6 Å². The van der Waals surface area contributed by atoms with E-state index >= 15 is 0 Å². The van der Waals surface area contributed by atoms with Crippen LogP contribution in [0.15, 0.2) is 48.5 Å². The molecule has 156 valence electrons. The van der Waals surface area contributed by atoms with Crippen molar-refractivity contribution < 1.29 is 17.9 Å². The van der Waals surface area contributed by atoms with E-state index in [1.165, 1.54) is 37.0 Å². The Labute approximate surface area is 174 Å². The summed E-state index contributed by atoms with van der Waals surface area (Å²) in [4.78, 5) is 2.54. The summed E-state index contributed by atoms with van der Waals surface area (Å²) < 4.78 is 44.1. The summed E-state index contributed by atoms with van der Waals surface area (Å²) >= 11 is 6.07. The fourth-order valence-corrected chi connectivity index (χ4v) is 4.51. The summed E-state index contributed by atoms with van der Waals surface area (Å²) in [6.45, 7) is 1.85. The third-order valence-electron chi connectivity index (χ3n) is 6.16. The van der Waals surface area contributed by atoms with E-state index in [1.54, 1.807) is 0 Å². The van der Waals surface area contributed by atoms with Crippen LogP contribution in [-0.2, 0) is 6.18 Å². The molecule has 6 heteroatoms. The van der Waals surface area contributed by atoms with Gasteiger partial charge in [0.2, 0.25) is 0 Å². The molecule has 2 nitrogen and oxygen atoms in total. The molecule has 0 radical (unpaired) electrons. The van der Waals surface area contributed by atoms with Crippen LogP contribution in [0.2, 0.25) is 5.02 Å². The van der Waals surface area contributed by atoms with Gasteiger partial charge in [0.05, 0.1) is 5.56 Å². The highest BCUT2D eigenvalue weighted by Crippen LogP contribution is 2.42. The van der Waals surface area contributed by atoms with Crippen LogP contribution in [0.1, 0.15) is 49.3 Å². The number of benzene rings is 2. The number of hydrogen-bond acceptors (Lipinski definition) is 2. The second-order valence-corrected chi connectivity index (χ2v) is 8.50. The van der Waals surface area contributed by atoms with Crippen LogP contribution in [0.5, 0.6) is 5.75 Å². The predicted octanol–water partition coefficient (Wildman–Crippen LogP) is 6.74. The van der Waals surface area contributed by atoms with Crippen molar-refractivity contribution in [3.8, 4) is 5.75 Å². The molecule has 1 heterocycles. The molecule has 2 aliphatic rings. The number of halogens is 4. The van der Waals surface area contributed by atoms with E-state index < -0.39 is 11.7 Å². The average molecular weight is 424 g/mol. The molecular formula is C23H25ClF3NO. The Balaban J connectivity index is 1.37. The van der Waals surface area contributed by atoms with E-state index in [0.717, 1.165) is 43.1 Å². The molecule has 0 aromatic heterocycles. The van der Waals surface area contributed by atoms with E-state index in [-0.39, 0.29) is 6.10 Å². The monoisotopic (exact) mass is 423 g/mol. The first-order valence-electron chi connectivity index (χ1n) is 10.2. The lowest BCUT2D eigenvalue weighted by atomic mass is 9.76. The Hall–Kier alpha value is -1.72. The molecule has 1 aliphatic heterocycles. The highest BCUT2D eigenvalue weighted by Gasteiger charge is 2.35. The minimum atomic E-state index is -4.32. The van der Waals surface area contributed by atoms with Gasteiger partial charge in [-0.25, -0.2) is 0 Å². The van der Waals surface area contributed by atoms with Gasteiger partial charge in [-0.1, -0.05) is 30.2 Å². The zero-order valence-corrected chi connectivity index (χ0v) is 16.9. The normalized spacial score (nSPS) is 20.3. The standard InChI is InChI=1S/C23H25ClF3NO/c24-19-8-4-17(5-9-19)22(16-2-1-3-16)28-14-12-21(13-15-28)29-20-10-6-18(7-11-20)23(25,26)27/h4-11,16,21-22H,1-3,12-15H2. The van der Waals surface area contributed by atoms with Crippen LogP contribution in [0, 0.1) is 5.92 Å². The summed E-state index contributed by atoms with van der Waals surface area (Å²) in [5.74, 6) is 1.19. The number of nitrogens with zero attached hydrogens (tertiary/aromatic N) is 1. The van der Waals surface area contributed by atoms with Gasteiger partial charge in [0.25, 0.3) is 0 Å². The van der Waals surface area contributed by atoms with E-state index in [2.05, 4.69) is 17.0 Å². The Kier molecular flexibility index (Phi) is 6.07. The maximum absolute atomic E-state index is 12.7. The Morgan fingerprint density at radius 3 is 2.03 bits per heavy atom. The molecule has 2 fully saturated rings. The van der Waals surface area contributed by atoms with Crippen LogP contribution >= 0.6 is 11.6 Å². The number of ether oxygens (including phenoxy) is 1. The summed E-state index contributed by atoms with van der Waals surface area (Å²) in [5, 5.41) is 0.754. The number of piperidine rings is 1. The molecule has 0 spiro atoms. The Bertz CT molecular complexity index is 794. The average Bonchev–Trinajstić information content (AvgIpc) is 2.66. The van der Waals surface area contributed by atoms with Crippen LogP contribution < -0.4 is 4.74 Å². The van der Waals surface area contributed by atoms with Gasteiger partial charge < -0.3 is 4.74 Å². The summed E-state index contributed by atoms with van der Waals surface area (Å²) in [6, 6.07) is 13.6. The number of rotatable bonds is 5. The highest BCUT2D eigenvalue weighted by atomic mass is 35.5. The van der Waals surface area contributed by atoms with Crippen molar-refractivity contribution in [2.24, 2.45) is 5.92 Å². The first-order chi connectivity index (χ1) is 13.9. The van der Waals surface area contributed by atoms with Crippen LogP contribution in [0.3, 0.4) is 0 Å². The number of likely N-dealkylation sites (tertiary alicyclic amines) is 1. The SMILES string of the molecule is FC(F)(F)c1ccc(OC2CCN(C(c3ccc(Cl)cc3)C3CCC3)CC2)cc1. The van der Waals surface area contributed by atoms with Gasteiger partial charge in [-0.15, -0.1) is 0 Å². The molecule has 0 N–H and O–H groups in total. The topological polar surface area (TPSA) is 12.5 Å². The van der Waals surface area contributed by atoms with Gasteiger partial charge in [-0.05, 0) is 73.6 Å². The third-order valence-corrected chi connectivity index (χ3v) is 6.41. The minimum Gasteiger partial charge on any atom is -0.490 e. The second-order valence-electron chi connectivity index (χ2n) is 8.06. The first-order valence-corrected chi connectivity index (χ1v) is 10.6. The highest BCUT2D eigenvalue weighted by molar-refractivity contribution is 6.30. The number of hydrogen-bond donors (Lipinski definition) is 0. The fourth-order valence-electron chi connectivity index (χ4n) is 4.38. The molecular weight excluding hydrogens is 399 g/mol. The molecule has 1 unspecified atom stereocenters. The maximum Gasteiger partial charge on any atom is 0.416 e. The van der Waals surface area contributed by atoms with E-state index in [1.807, 2.05) is 12.1 Å². The van der Waals surface area contributed by atoms with Gasteiger partial charge >= 0.3 is 6.18 Å². The van der Waals surface area contributed by atoms with Gasteiger partial charge in [-0.2, -0.15) is 13.2 Å². The predicted molar refractivity (Wildman–Crippen MR) is 108 cm³/mol. The molecule has 2 aromatic rings. The zero-order chi connectivity index (χ0) is 20.4. The lowest BCUT2D eigenvalue weighted by molar-refractivity contribution is -0.137. The fraction of sp³-hybridized carbons (Fsp3) is 0.478. The largest absolute Gasteiger partial charge is 0.490 e. The lowest BCUT2D eigenvalue weighted by Crippen LogP contribution is -2.44. The number of alkyl halides is 3. The third kappa shape index (κ3) is 4.89. The van der Waals surface area contributed by atoms with E-state index in [4.69, 9.17) is 16.3 Å². The van der Waals surface area contributed by atoms with Gasteiger partial charge in [0.15, 0.2) is 0 Å². The summed E-state index contributed by atoms with van der Waals surface area (Å²) in [7, 11) is 0. The Morgan fingerprint density at radius 1 is 0.897 bits per heavy atom. The summed E-state index contributed by atoms with van der Waals surface area (Å²) in [6.07, 6.45) is 1.28. The maximum atomic E-state index is 12.7. The molecule has 1 aliphatic carbocycles. The van der Waals surface area contributed by atoms with Gasteiger partial charge in [0, 0.05) is 24.2 Å².